The van der Waals surface area contributed by atoms with Gasteiger partial charge in [0.15, 0.2) is 0 Å². The Morgan fingerprint density at radius 3 is 2.59 bits per heavy atom. The molecular weight excluding hydrogens is 242 g/mol. The summed E-state index contributed by atoms with van der Waals surface area (Å²) in [6.07, 6.45) is -5.41. The average Bonchev–Trinajstić information content (AvgIpc) is 2.62. The summed E-state index contributed by atoms with van der Waals surface area (Å²) in [5.41, 5.74) is -1.31. The van der Waals surface area contributed by atoms with E-state index in [4.69, 9.17) is 0 Å². The van der Waals surface area contributed by atoms with Gasteiger partial charge in [-0.3, -0.25) is 0 Å². The zero-order valence-electron chi connectivity index (χ0n) is 8.34. The molecule has 0 bridgehead atoms. The molecule has 1 aromatic rings. The topological polar surface area (TPSA) is 38.3 Å². The zero-order valence-corrected chi connectivity index (χ0v) is 8.34. The highest BCUT2D eigenvalue weighted by atomic mass is 19.4. The fourth-order valence-electron chi connectivity index (χ4n) is 1.63. The van der Waals surface area contributed by atoms with Crippen molar-refractivity contribution in [3.8, 4) is 0 Å². The number of carbonyl (C=O) groups excluding carboxylic acids is 1. The molecule has 1 heterocycles. The van der Waals surface area contributed by atoms with E-state index >= 15 is 0 Å². The number of ether oxygens (including phenoxy) is 1. The number of hydrogen-bond acceptors (Lipinski definition) is 2. The van der Waals surface area contributed by atoms with Crippen LogP contribution in [0.4, 0.5) is 22.4 Å². The standard InChI is InChI=1S/C10H7F4NO2/c11-5-1-2-7(10(12,13)14)6(3-5)8-4-17-9(16)15-8/h1-3,8H,4H2,(H,15,16)/t8-/m0/s1. The normalized spacial score (nSPS) is 20.0. The van der Waals surface area contributed by atoms with Crippen molar-refractivity contribution in [2.45, 2.75) is 12.2 Å². The van der Waals surface area contributed by atoms with Crippen LogP contribution in [-0.4, -0.2) is 12.7 Å². The van der Waals surface area contributed by atoms with E-state index in [0.717, 1.165) is 12.1 Å². The minimum Gasteiger partial charge on any atom is -0.447 e. The molecular formula is C10H7F4NO2. The third-order valence-electron chi connectivity index (χ3n) is 2.37. The number of carbonyl (C=O) groups is 1. The maximum Gasteiger partial charge on any atom is 0.416 e. The van der Waals surface area contributed by atoms with Gasteiger partial charge >= 0.3 is 12.3 Å². The van der Waals surface area contributed by atoms with Gasteiger partial charge in [-0.15, -0.1) is 0 Å². The van der Waals surface area contributed by atoms with Crippen LogP contribution in [0.15, 0.2) is 18.2 Å². The van der Waals surface area contributed by atoms with Crippen LogP contribution in [0.3, 0.4) is 0 Å². The van der Waals surface area contributed by atoms with Crippen LogP contribution in [0.5, 0.6) is 0 Å². The minimum atomic E-state index is -4.60. The van der Waals surface area contributed by atoms with Gasteiger partial charge in [0.05, 0.1) is 11.6 Å². The molecule has 1 fully saturated rings. The van der Waals surface area contributed by atoms with Crippen molar-refractivity contribution < 1.29 is 27.1 Å². The van der Waals surface area contributed by atoms with E-state index in [1.165, 1.54) is 0 Å². The van der Waals surface area contributed by atoms with Crippen LogP contribution >= 0.6 is 0 Å². The lowest BCUT2D eigenvalue weighted by atomic mass is 10.0. The van der Waals surface area contributed by atoms with Crippen molar-refractivity contribution in [2.24, 2.45) is 0 Å². The second-order valence-electron chi connectivity index (χ2n) is 3.52. The molecule has 1 aliphatic rings. The molecule has 1 saturated heterocycles. The third kappa shape index (κ3) is 2.32. The van der Waals surface area contributed by atoms with Gasteiger partial charge in [0.25, 0.3) is 0 Å². The van der Waals surface area contributed by atoms with E-state index in [0.29, 0.717) is 6.07 Å². The number of halogens is 4. The lowest BCUT2D eigenvalue weighted by molar-refractivity contribution is -0.138. The van der Waals surface area contributed by atoms with Crippen molar-refractivity contribution in [1.29, 1.82) is 0 Å². The summed E-state index contributed by atoms with van der Waals surface area (Å²) >= 11 is 0. The molecule has 1 atom stereocenters. The van der Waals surface area contributed by atoms with Gasteiger partial charge in [0, 0.05) is 0 Å². The number of hydrogen-bond donors (Lipinski definition) is 1. The third-order valence-corrected chi connectivity index (χ3v) is 2.37. The van der Waals surface area contributed by atoms with Gasteiger partial charge in [0.2, 0.25) is 0 Å². The minimum absolute atomic E-state index is 0.245. The fourth-order valence-corrected chi connectivity index (χ4v) is 1.63. The highest BCUT2D eigenvalue weighted by molar-refractivity contribution is 5.70. The lowest BCUT2D eigenvalue weighted by Crippen LogP contribution is -2.22. The van der Waals surface area contributed by atoms with Gasteiger partial charge in [-0.25, -0.2) is 9.18 Å². The highest BCUT2D eigenvalue weighted by Crippen LogP contribution is 2.35. The van der Waals surface area contributed by atoms with E-state index in [1.54, 1.807) is 0 Å². The van der Waals surface area contributed by atoms with Crippen LogP contribution in [0.1, 0.15) is 17.2 Å². The Labute approximate surface area is 93.4 Å². The first-order valence-electron chi connectivity index (χ1n) is 4.68. The van der Waals surface area contributed by atoms with Gasteiger partial charge in [-0.05, 0) is 23.8 Å². The summed E-state index contributed by atoms with van der Waals surface area (Å²) < 4.78 is 55.4. The van der Waals surface area contributed by atoms with E-state index in [9.17, 15) is 22.4 Å². The molecule has 1 aromatic carbocycles. The fraction of sp³-hybridized carbons (Fsp3) is 0.300. The van der Waals surface area contributed by atoms with Gasteiger partial charge in [-0.1, -0.05) is 0 Å². The number of amides is 1. The van der Waals surface area contributed by atoms with E-state index in [2.05, 4.69) is 10.1 Å². The molecule has 0 aromatic heterocycles. The predicted molar refractivity (Wildman–Crippen MR) is 48.6 cm³/mol. The molecule has 0 aliphatic carbocycles. The number of nitrogens with one attached hydrogen (secondary N) is 1. The molecule has 1 aliphatic heterocycles. The molecule has 0 saturated carbocycles. The Balaban J connectivity index is 2.44. The van der Waals surface area contributed by atoms with Crippen LogP contribution in [0, 0.1) is 5.82 Å². The van der Waals surface area contributed by atoms with Crippen molar-refractivity contribution in [3.63, 3.8) is 0 Å². The maximum atomic E-state index is 13.0. The quantitative estimate of drug-likeness (QED) is 0.777. The molecule has 1 amide bonds. The van der Waals surface area contributed by atoms with Crippen LogP contribution in [0.25, 0.3) is 0 Å². The van der Waals surface area contributed by atoms with Crippen LogP contribution in [-0.2, 0) is 10.9 Å². The molecule has 0 spiro atoms. The van der Waals surface area contributed by atoms with E-state index in [1.807, 2.05) is 0 Å². The van der Waals surface area contributed by atoms with Gasteiger partial charge in [-0.2, -0.15) is 13.2 Å². The molecule has 3 nitrogen and oxygen atoms in total. The Hall–Kier alpha value is -1.79. The average molecular weight is 249 g/mol. The molecule has 17 heavy (non-hydrogen) atoms. The molecule has 92 valence electrons. The van der Waals surface area contributed by atoms with Crippen molar-refractivity contribution >= 4 is 6.09 Å². The lowest BCUT2D eigenvalue weighted by Gasteiger charge is -2.16. The molecule has 7 heteroatoms. The SMILES string of the molecule is O=C1N[C@H](c2cc(F)ccc2C(F)(F)F)CO1. The summed E-state index contributed by atoms with van der Waals surface area (Å²) in [5.74, 6) is -0.797. The number of alkyl halides is 3. The Morgan fingerprint density at radius 2 is 2.06 bits per heavy atom. The summed E-state index contributed by atoms with van der Waals surface area (Å²) in [4.78, 5) is 10.8. The summed E-state index contributed by atoms with van der Waals surface area (Å²) in [6.45, 7) is -0.245. The first-order valence-corrected chi connectivity index (χ1v) is 4.68. The molecule has 0 unspecified atom stereocenters. The van der Waals surface area contributed by atoms with E-state index in [-0.39, 0.29) is 12.2 Å². The highest BCUT2D eigenvalue weighted by Gasteiger charge is 2.37. The van der Waals surface area contributed by atoms with Crippen LogP contribution < -0.4 is 5.32 Å². The first-order chi connectivity index (χ1) is 7.88. The molecule has 2 rings (SSSR count). The summed E-state index contributed by atoms with van der Waals surface area (Å²) in [7, 11) is 0. The van der Waals surface area contributed by atoms with Gasteiger partial charge < -0.3 is 10.1 Å². The monoisotopic (exact) mass is 249 g/mol. The van der Waals surface area contributed by atoms with Gasteiger partial charge in [0.1, 0.15) is 12.4 Å². The summed E-state index contributed by atoms with van der Waals surface area (Å²) in [6, 6.07) is 1.15. The Bertz CT molecular complexity index is 458. The maximum absolute atomic E-state index is 13.0. The van der Waals surface area contributed by atoms with Crippen LogP contribution in [0.2, 0.25) is 0 Å². The smallest absolute Gasteiger partial charge is 0.416 e. The zero-order chi connectivity index (χ0) is 12.6. The number of rotatable bonds is 1. The van der Waals surface area contributed by atoms with E-state index < -0.39 is 29.7 Å². The van der Waals surface area contributed by atoms with Crippen molar-refractivity contribution in [3.05, 3.63) is 35.1 Å². The summed E-state index contributed by atoms with van der Waals surface area (Å²) in [5, 5.41) is 2.18. The largest absolute Gasteiger partial charge is 0.447 e. The number of alkyl carbamates (subject to hydrolysis) is 1. The Kier molecular flexibility index (Phi) is 2.68. The number of benzene rings is 1. The molecule has 0 radical (unpaired) electrons. The second kappa shape index (κ2) is 3.90. The molecule has 1 N–H and O–H groups in total. The number of cyclic esters (lactones) is 1. The van der Waals surface area contributed by atoms with Crippen molar-refractivity contribution in [2.75, 3.05) is 6.61 Å². The predicted octanol–water partition coefficient (Wildman–Crippen LogP) is 2.63. The van der Waals surface area contributed by atoms with Crippen molar-refractivity contribution in [1.82, 2.24) is 5.32 Å². The second-order valence-corrected chi connectivity index (χ2v) is 3.52. The first kappa shape index (κ1) is 11.7. The Morgan fingerprint density at radius 1 is 1.35 bits per heavy atom.